The van der Waals surface area contributed by atoms with Crippen LogP contribution in [0.25, 0.3) is 88.0 Å². The number of rotatable bonds is 5. The van der Waals surface area contributed by atoms with Crippen molar-refractivity contribution in [1.82, 2.24) is 23.8 Å². The molecule has 0 N–H and O–H groups in total. The van der Waals surface area contributed by atoms with E-state index < -0.39 is 0 Å². The Kier molecular flexibility index (Phi) is 7.97. The summed E-state index contributed by atoms with van der Waals surface area (Å²) in [5, 5.41) is 6.05. The summed E-state index contributed by atoms with van der Waals surface area (Å²) in [6, 6.07) is 49.7. The van der Waals surface area contributed by atoms with Gasteiger partial charge in [0.2, 0.25) is 0 Å². The molecular weight excluding hydrogens is 781 g/mol. The van der Waals surface area contributed by atoms with E-state index in [1.807, 2.05) is 48.7 Å². The van der Waals surface area contributed by atoms with E-state index in [2.05, 4.69) is 127 Å². The van der Waals surface area contributed by atoms with Gasteiger partial charge in [-0.3, -0.25) is 9.97 Å². The summed E-state index contributed by atoms with van der Waals surface area (Å²) >= 11 is 0. The maximum atomic E-state index is 6.64. The van der Waals surface area contributed by atoms with Crippen molar-refractivity contribution in [3.63, 3.8) is 0 Å². The molecule has 0 saturated carbocycles. The zero-order valence-electron chi connectivity index (χ0n) is 31.2. The van der Waals surface area contributed by atoms with E-state index in [9.17, 15) is 0 Å². The molecule has 11 rings (SSSR count). The second kappa shape index (κ2) is 13.0. The molecule has 7 heteroatoms. The molecule has 0 aliphatic carbocycles. The number of hydrogen-bond acceptors (Lipinski definition) is 4. The molecule has 6 nitrogen and oxygen atoms in total. The Balaban J connectivity index is 0.00000384. The molecule has 56 heavy (non-hydrogen) atoms. The van der Waals surface area contributed by atoms with Gasteiger partial charge in [-0.1, -0.05) is 134 Å². The number of benzene rings is 6. The van der Waals surface area contributed by atoms with Gasteiger partial charge in [-0.2, -0.15) is 0 Å². The molecule has 0 aliphatic heterocycles. The predicted octanol–water partition coefficient (Wildman–Crippen LogP) is 12.6. The maximum Gasteiger partial charge on any atom is 2.00 e. The minimum Gasteiger partial charge on any atom is -0.497 e. The van der Waals surface area contributed by atoms with E-state index in [1.165, 1.54) is 22.3 Å². The first-order valence-corrected chi connectivity index (χ1v) is 18.9. The summed E-state index contributed by atoms with van der Waals surface area (Å²) in [6.07, 6.45) is 1.83. The van der Waals surface area contributed by atoms with Gasteiger partial charge in [0.1, 0.15) is 5.65 Å². The first kappa shape index (κ1) is 34.4. The van der Waals surface area contributed by atoms with Crippen LogP contribution in [-0.4, -0.2) is 23.8 Å². The largest absolute Gasteiger partial charge is 2.00 e. The van der Waals surface area contributed by atoms with Gasteiger partial charge in [-0.25, -0.2) is 4.98 Å². The van der Waals surface area contributed by atoms with Crippen LogP contribution >= 0.6 is 0 Å². The Morgan fingerprint density at radius 2 is 1.11 bits per heavy atom. The monoisotopic (exact) mass is 815 g/mol. The van der Waals surface area contributed by atoms with Crippen molar-refractivity contribution in [2.45, 2.75) is 39.5 Å². The molecule has 0 radical (unpaired) electrons. The third-order valence-corrected chi connectivity index (χ3v) is 11.1. The smallest absolute Gasteiger partial charge is 0.497 e. The van der Waals surface area contributed by atoms with E-state index in [0.717, 1.165) is 76.8 Å². The first-order valence-electron chi connectivity index (χ1n) is 18.9. The number of ether oxygens (including phenoxy) is 1. The van der Waals surface area contributed by atoms with Crippen LogP contribution in [0, 0.1) is 12.1 Å². The second-order valence-corrected chi connectivity index (χ2v) is 15.1. The number of para-hydroxylation sites is 4. The van der Waals surface area contributed by atoms with Gasteiger partial charge in [-0.15, -0.1) is 12.1 Å². The van der Waals surface area contributed by atoms with Crippen LogP contribution < -0.4 is 4.74 Å². The van der Waals surface area contributed by atoms with E-state index in [4.69, 9.17) is 19.7 Å². The minimum atomic E-state index is 0. The molecule has 0 unspecified atom stereocenters. The summed E-state index contributed by atoms with van der Waals surface area (Å²) < 4.78 is 11.0. The Morgan fingerprint density at radius 1 is 0.518 bits per heavy atom. The number of pyridine rings is 3. The predicted molar refractivity (Wildman–Crippen MR) is 225 cm³/mol. The Bertz CT molecular complexity index is 3350. The van der Waals surface area contributed by atoms with Gasteiger partial charge in [0.15, 0.2) is 0 Å². The van der Waals surface area contributed by atoms with Crippen LogP contribution in [0.3, 0.4) is 0 Å². The number of nitrogens with zero attached hydrogens (tertiary/aromatic N) is 5. The van der Waals surface area contributed by atoms with E-state index in [-0.39, 0.29) is 20.4 Å². The minimum absolute atomic E-state index is 0. The average molecular weight is 816 g/mol. The molecular formula is C49H35N5OPd. The van der Waals surface area contributed by atoms with Gasteiger partial charge in [0.25, 0.3) is 0 Å². The summed E-state index contributed by atoms with van der Waals surface area (Å²) in [6.45, 7) is 9.12. The normalized spacial score (nSPS) is 12.1. The zero-order chi connectivity index (χ0) is 36.9. The van der Waals surface area contributed by atoms with Crippen LogP contribution in [0.1, 0.15) is 50.7 Å². The van der Waals surface area contributed by atoms with Gasteiger partial charge < -0.3 is 13.5 Å². The van der Waals surface area contributed by atoms with Gasteiger partial charge in [0, 0.05) is 23.2 Å². The van der Waals surface area contributed by atoms with Crippen LogP contribution in [0.2, 0.25) is 0 Å². The Morgan fingerprint density at radius 3 is 1.75 bits per heavy atom. The van der Waals surface area contributed by atoms with Crippen molar-refractivity contribution >= 4 is 76.8 Å². The average Bonchev–Trinajstić information content (AvgIpc) is 3.81. The third-order valence-electron chi connectivity index (χ3n) is 11.1. The first-order chi connectivity index (χ1) is 26.9. The molecule has 0 amide bonds. The van der Waals surface area contributed by atoms with Crippen LogP contribution in [-0.2, 0) is 20.4 Å². The molecule has 11 aromatic rings. The molecule has 0 saturated heterocycles. The van der Waals surface area contributed by atoms with Gasteiger partial charge in [-0.05, 0) is 81.3 Å². The number of fused-ring (bicyclic) bond motifs is 16. The fraction of sp³-hybridized carbons (Fsp3) is 0.122. The molecule has 0 atom stereocenters. The number of hydrogen-bond donors (Lipinski definition) is 0. The number of imidazole rings is 2. The fourth-order valence-electron chi connectivity index (χ4n) is 8.61. The number of aromatic nitrogens is 5. The van der Waals surface area contributed by atoms with Crippen molar-refractivity contribution in [3.8, 4) is 22.6 Å². The quantitative estimate of drug-likeness (QED) is 0.0986. The molecule has 5 heterocycles. The fourth-order valence-corrected chi connectivity index (χ4v) is 8.61. The van der Waals surface area contributed by atoms with Crippen LogP contribution in [0.15, 0.2) is 128 Å². The SMILES string of the molecule is CC(C)c1cccc(C(C)C)c1-c1ccc2c(c1)c1ccc(Oc3[c-]c4c(cc3)c3cccnc3n3c5ccccc5nc43)[c-]c1c1nc3ccccc3n21.[Pd+2]. The van der Waals surface area contributed by atoms with E-state index in [1.54, 1.807) is 0 Å². The molecule has 5 aromatic heterocycles. The molecule has 0 aliphatic rings. The summed E-state index contributed by atoms with van der Waals surface area (Å²) in [5.41, 5.74) is 12.8. The maximum absolute atomic E-state index is 6.64. The summed E-state index contributed by atoms with van der Waals surface area (Å²) in [7, 11) is 0. The molecule has 6 aromatic carbocycles. The van der Waals surface area contributed by atoms with Crippen molar-refractivity contribution in [1.29, 1.82) is 0 Å². The molecule has 0 fully saturated rings. The van der Waals surface area contributed by atoms with Crippen molar-refractivity contribution in [3.05, 3.63) is 151 Å². The van der Waals surface area contributed by atoms with Crippen molar-refractivity contribution in [2.24, 2.45) is 0 Å². The van der Waals surface area contributed by atoms with E-state index in [0.29, 0.717) is 23.3 Å². The van der Waals surface area contributed by atoms with Gasteiger partial charge >= 0.3 is 20.4 Å². The van der Waals surface area contributed by atoms with Gasteiger partial charge in [0.05, 0.1) is 33.4 Å². The summed E-state index contributed by atoms with van der Waals surface area (Å²) in [4.78, 5) is 15.0. The topological polar surface area (TPSA) is 56.7 Å². The zero-order valence-corrected chi connectivity index (χ0v) is 32.8. The Labute approximate surface area is 337 Å². The Hall–Kier alpha value is -6.13. The van der Waals surface area contributed by atoms with Crippen molar-refractivity contribution in [2.75, 3.05) is 0 Å². The van der Waals surface area contributed by atoms with Crippen LogP contribution in [0.4, 0.5) is 0 Å². The second-order valence-electron chi connectivity index (χ2n) is 15.1. The molecule has 0 bridgehead atoms. The third kappa shape index (κ3) is 5.08. The summed E-state index contributed by atoms with van der Waals surface area (Å²) in [5.74, 6) is 1.95. The molecule has 272 valence electrons. The standard InChI is InChI=1S/C49H35N5O.Pd/c1-28(2)33-11-9-12-34(29(3)4)46(33)30-18-23-43-38(25-30)36-22-20-32(27-40(36)48-51-41-14-5-7-16-44(41)53(43)48)55-31-19-21-35-37-13-10-24-50-47(37)54-45-17-8-6-15-42(45)52-49(54)39(35)26-31;/h5-25,28-29H,1-4H3;/q-2;+2. The van der Waals surface area contributed by atoms with E-state index >= 15 is 0 Å². The van der Waals surface area contributed by atoms with Crippen molar-refractivity contribution < 1.29 is 25.2 Å². The molecule has 0 spiro atoms. The van der Waals surface area contributed by atoms with Crippen LogP contribution in [0.5, 0.6) is 11.5 Å².